The molecule has 106 valence electrons. The lowest BCUT2D eigenvalue weighted by Crippen LogP contribution is -2.02. The van der Waals surface area contributed by atoms with Gasteiger partial charge in [-0.1, -0.05) is 53.3 Å². The summed E-state index contributed by atoms with van der Waals surface area (Å²) in [5.74, 6) is 0.316. The van der Waals surface area contributed by atoms with Crippen molar-refractivity contribution in [2.75, 3.05) is 0 Å². The van der Waals surface area contributed by atoms with Crippen molar-refractivity contribution in [1.29, 1.82) is 0 Å². The van der Waals surface area contributed by atoms with Gasteiger partial charge in [-0.2, -0.15) is 8.42 Å². The van der Waals surface area contributed by atoms with Crippen LogP contribution in [0.15, 0.2) is 54.6 Å². The first-order chi connectivity index (χ1) is 9.44. The molecule has 0 saturated carbocycles. The first kappa shape index (κ1) is 14.5. The SMILES string of the molecule is CC(Cc1ccc(OS(=O)(=O)F)cc1)c1ccccc1. The van der Waals surface area contributed by atoms with Gasteiger partial charge in [0, 0.05) is 0 Å². The van der Waals surface area contributed by atoms with Crippen molar-refractivity contribution in [3.8, 4) is 5.75 Å². The third kappa shape index (κ3) is 4.35. The van der Waals surface area contributed by atoms with Crippen LogP contribution in [0.25, 0.3) is 0 Å². The zero-order chi connectivity index (χ0) is 14.6. The van der Waals surface area contributed by atoms with Gasteiger partial charge in [-0.3, -0.25) is 0 Å². The molecule has 0 spiro atoms. The highest BCUT2D eigenvalue weighted by Gasteiger charge is 2.10. The van der Waals surface area contributed by atoms with E-state index in [0.717, 1.165) is 12.0 Å². The van der Waals surface area contributed by atoms with Crippen LogP contribution in [-0.2, 0) is 16.9 Å². The number of hydrogen-bond acceptors (Lipinski definition) is 3. The molecule has 1 unspecified atom stereocenters. The van der Waals surface area contributed by atoms with Gasteiger partial charge in [-0.15, -0.1) is 0 Å². The van der Waals surface area contributed by atoms with Crippen molar-refractivity contribution < 1.29 is 16.5 Å². The van der Waals surface area contributed by atoms with Crippen molar-refractivity contribution in [3.63, 3.8) is 0 Å². The Morgan fingerprint density at radius 2 is 1.65 bits per heavy atom. The van der Waals surface area contributed by atoms with Crippen LogP contribution in [0, 0.1) is 0 Å². The van der Waals surface area contributed by atoms with Gasteiger partial charge in [-0.25, -0.2) is 0 Å². The molecule has 5 heteroatoms. The predicted molar refractivity (Wildman–Crippen MR) is 75.7 cm³/mol. The third-order valence-corrected chi connectivity index (χ3v) is 3.42. The molecule has 2 rings (SSSR count). The van der Waals surface area contributed by atoms with E-state index in [1.165, 1.54) is 17.7 Å². The summed E-state index contributed by atoms with van der Waals surface area (Å²) >= 11 is 0. The first-order valence-electron chi connectivity index (χ1n) is 6.22. The van der Waals surface area contributed by atoms with Gasteiger partial charge in [0.05, 0.1) is 0 Å². The van der Waals surface area contributed by atoms with Crippen molar-refractivity contribution in [3.05, 3.63) is 65.7 Å². The molecule has 20 heavy (non-hydrogen) atoms. The smallest absolute Gasteiger partial charge is 0.358 e. The van der Waals surface area contributed by atoms with E-state index in [1.54, 1.807) is 12.1 Å². The maximum absolute atomic E-state index is 12.4. The van der Waals surface area contributed by atoms with E-state index in [1.807, 2.05) is 18.2 Å². The van der Waals surface area contributed by atoms with Crippen LogP contribution in [0.3, 0.4) is 0 Å². The molecule has 0 aliphatic carbocycles. The Morgan fingerprint density at radius 3 is 2.20 bits per heavy atom. The Balaban J connectivity index is 2.04. The monoisotopic (exact) mass is 294 g/mol. The fraction of sp³-hybridized carbons (Fsp3) is 0.200. The zero-order valence-corrected chi connectivity index (χ0v) is 11.8. The molecule has 0 aromatic heterocycles. The molecule has 0 heterocycles. The van der Waals surface area contributed by atoms with Crippen molar-refractivity contribution in [2.45, 2.75) is 19.3 Å². The maximum atomic E-state index is 12.4. The summed E-state index contributed by atoms with van der Waals surface area (Å²) in [6.07, 6.45) is 0.812. The number of hydrogen-bond donors (Lipinski definition) is 0. The Labute approximate surface area is 118 Å². The second-order valence-corrected chi connectivity index (χ2v) is 5.59. The van der Waals surface area contributed by atoms with Crippen LogP contribution >= 0.6 is 0 Å². The lowest BCUT2D eigenvalue weighted by Gasteiger charge is -2.12. The average molecular weight is 294 g/mol. The van der Waals surface area contributed by atoms with Crippen LogP contribution < -0.4 is 4.18 Å². The van der Waals surface area contributed by atoms with Gasteiger partial charge in [0.1, 0.15) is 5.75 Å². The largest absolute Gasteiger partial charge is 0.488 e. The van der Waals surface area contributed by atoms with E-state index < -0.39 is 10.5 Å². The van der Waals surface area contributed by atoms with Crippen LogP contribution in [0.1, 0.15) is 24.0 Å². The summed E-state index contributed by atoms with van der Waals surface area (Å²) in [5, 5.41) is 0. The average Bonchev–Trinajstić information content (AvgIpc) is 2.40. The van der Waals surface area contributed by atoms with E-state index in [-0.39, 0.29) is 5.75 Å². The van der Waals surface area contributed by atoms with Crippen molar-refractivity contribution in [2.24, 2.45) is 0 Å². The molecular formula is C15H15FO3S. The Morgan fingerprint density at radius 1 is 1.05 bits per heavy atom. The Bertz CT molecular complexity index is 651. The molecule has 0 amide bonds. The molecule has 0 aliphatic rings. The van der Waals surface area contributed by atoms with Gasteiger partial charge in [0.2, 0.25) is 0 Å². The molecular weight excluding hydrogens is 279 g/mol. The molecule has 1 atom stereocenters. The van der Waals surface area contributed by atoms with Gasteiger partial charge in [-0.05, 0) is 35.6 Å². The normalized spacial score (nSPS) is 12.9. The van der Waals surface area contributed by atoms with Crippen LogP contribution in [-0.4, -0.2) is 8.42 Å². The van der Waals surface area contributed by atoms with Crippen LogP contribution in [0.4, 0.5) is 3.89 Å². The van der Waals surface area contributed by atoms with E-state index in [9.17, 15) is 12.3 Å². The molecule has 0 saturated heterocycles. The molecule has 2 aromatic carbocycles. The topological polar surface area (TPSA) is 43.4 Å². The third-order valence-electron chi connectivity index (χ3n) is 3.03. The molecule has 0 radical (unpaired) electrons. The molecule has 0 N–H and O–H groups in total. The van der Waals surface area contributed by atoms with Crippen LogP contribution in [0.5, 0.6) is 5.75 Å². The standard InChI is InChI=1S/C15H15FO3S/c1-12(14-5-3-2-4-6-14)11-13-7-9-15(10-8-13)19-20(16,17)18/h2-10,12H,11H2,1H3. The van der Waals surface area contributed by atoms with Gasteiger partial charge in [0.25, 0.3) is 0 Å². The predicted octanol–water partition coefficient (Wildman–Crippen LogP) is 3.63. The molecule has 0 bridgehead atoms. The fourth-order valence-electron chi connectivity index (χ4n) is 2.05. The Hall–Kier alpha value is -1.88. The lowest BCUT2D eigenvalue weighted by molar-refractivity contribution is 0.440. The molecule has 0 aliphatic heterocycles. The quantitative estimate of drug-likeness (QED) is 0.791. The second-order valence-electron chi connectivity index (χ2n) is 4.64. The van der Waals surface area contributed by atoms with Gasteiger partial charge in [0.15, 0.2) is 0 Å². The molecule has 2 aromatic rings. The highest BCUT2D eigenvalue weighted by atomic mass is 32.3. The maximum Gasteiger partial charge on any atom is 0.488 e. The lowest BCUT2D eigenvalue weighted by atomic mass is 9.94. The second kappa shape index (κ2) is 6.05. The molecule has 3 nitrogen and oxygen atoms in total. The summed E-state index contributed by atoms with van der Waals surface area (Å²) in [4.78, 5) is 0. The van der Waals surface area contributed by atoms with Crippen molar-refractivity contribution in [1.82, 2.24) is 0 Å². The van der Waals surface area contributed by atoms with E-state index >= 15 is 0 Å². The van der Waals surface area contributed by atoms with Gasteiger partial charge >= 0.3 is 10.5 Å². The minimum Gasteiger partial charge on any atom is -0.358 e. The molecule has 0 fully saturated rings. The van der Waals surface area contributed by atoms with E-state index in [4.69, 9.17) is 0 Å². The number of benzene rings is 2. The summed E-state index contributed by atoms with van der Waals surface area (Å²) in [6, 6.07) is 16.5. The highest BCUT2D eigenvalue weighted by Crippen LogP contribution is 2.22. The highest BCUT2D eigenvalue weighted by molar-refractivity contribution is 7.81. The number of rotatable bonds is 5. The summed E-state index contributed by atoms with van der Waals surface area (Å²) in [7, 11) is -4.96. The summed E-state index contributed by atoms with van der Waals surface area (Å²) < 4.78 is 37.2. The van der Waals surface area contributed by atoms with E-state index in [0.29, 0.717) is 5.92 Å². The van der Waals surface area contributed by atoms with Gasteiger partial charge < -0.3 is 4.18 Å². The van der Waals surface area contributed by atoms with E-state index in [2.05, 4.69) is 23.2 Å². The zero-order valence-electron chi connectivity index (χ0n) is 11.0. The number of halogens is 1. The first-order valence-corrected chi connectivity index (χ1v) is 7.53. The summed E-state index contributed by atoms with van der Waals surface area (Å²) in [5.41, 5.74) is 2.27. The van der Waals surface area contributed by atoms with Crippen molar-refractivity contribution >= 4 is 10.5 Å². The van der Waals surface area contributed by atoms with Crippen LogP contribution in [0.2, 0.25) is 0 Å². The Kier molecular flexibility index (Phi) is 4.39. The fourth-order valence-corrected chi connectivity index (χ4v) is 2.39. The minimum absolute atomic E-state index is 0.0244. The minimum atomic E-state index is -4.96. The summed E-state index contributed by atoms with van der Waals surface area (Å²) in [6.45, 7) is 2.12.